The molecule has 2 rings (SSSR count). The highest BCUT2D eigenvalue weighted by Gasteiger charge is 2.17. The number of nitrogens with one attached hydrogen (secondary N) is 1. The van der Waals surface area contributed by atoms with Gasteiger partial charge in [0.25, 0.3) is 0 Å². The molecule has 5 heteroatoms. The Morgan fingerprint density at radius 2 is 2.39 bits per heavy atom. The summed E-state index contributed by atoms with van der Waals surface area (Å²) < 4.78 is 10.9. The maximum absolute atomic E-state index is 6.13. The lowest BCUT2D eigenvalue weighted by Crippen LogP contribution is -2.43. The second-order valence-electron chi connectivity index (χ2n) is 4.48. The molecule has 100 valence electrons. The van der Waals surface area contributed by atoms with Crippen molar-refractivity contribution in [3.05, 3.63) is 23.2 Å². The van der Waals surface area contributed by atoms with Gasteiger partial charge in [-0.3, -0.25) is 0 Å². The number of benzene rings is 1. The average Bonchev–Trinajstić information content (AvgIpc) is 2.38. The third-order valence-corrected chi connectivity index (χ3v) is 3.37. The number of anilines is 1. The third kappa shape index (κ3) is 3.51. The largest absolute Gasteiger partial charge is 0.497 e. The van der Waals surface area contributed by atoms with Gasteiger partial charge in [0, 0.05) is 25.7 Å². The van der Waals surface area contributed by atoms with Crippen LogP contribution in [0.1, 0.15) is 0 Å². The van der Waals surface area contributed by atoms with Gasteiger partial charge in [0.1, 0.15) is 5.75 Å². The van der Waals surface area contributed by atoms with Crippen molar-refractivity contribution in [3.8, 4) is 5.75 Å². The summed E-state index contributed by atoms with van der Waals surface area (Å²) in [6.45, 7) is 3.47. The number of rotatable bonds is 4. The summed E-state index contributed by atoms with van der Waals surface area (Å²) in [7, 11) is 3.75. The summed E-state index contributed by atoms with van der Waals surface area (Å²) in [4.78, 5) is 2.27. The van der Waals surface area contributed by atoms with Crippen LogP contribution < -0.4 is 10.1 Å². The second kappa shape index (κ2) is 6.27. The zero-order chi connectivity index (χ0) is 13.0. The van der Waals surface area contributed by atoms with Gasteiger partial charge in [0.2, 0.25) is 0 Å². The number of halogens is 1. The fraction of sp³-hybridized carbons (Fsp3) is 0.538. The number of hydrogen-bond donors (Lipinski definition) is 1. The SMILES string of the molecule is COc1ccc(Cl)c(NCC2CN(C)CCO2)c1. The van der Waals surface area contributed by atoms with Crippen LogP contribution in [0, 0.1) is 0 Å². The molecule has 1 heterocycles. The van der Waals surface area contributed by atoms with Gasteiger partial charge in [-0.1, -0.05) is 11.6 Å². The molecule has 4 nitrogen and oxygen atoms in total. The fourth-order valence-corrected chi connectivity index (χ4v) is 2.17. The number of ether oxygens (including phenoxy) is 2. The average molecular weight is 271 g/mol. The summed E-state index contributed by atoms with van der Waals surface area (Å²) >= 11 is 6.13. The lowest BCUT2D eigenvalue weighted by atomic mass is 10.2. The summed E-state index contributed by atoms with van der Waals surface area (Å²) in [5.74, 6) is 0.795. The van der Waals surface area contributed by atoms with Gasteiger partial charge in [-0.05, 0) is 19.2 Å². The van der Waals surface area contributed by atoms with Crippen LogP contribution in [0.25, 0.3) is 0 Å². The summed E-state index contributed by atoms with van der Waals surface area (Å²) in [6, 6.07) is 5.57. The van der Waals surface area contributed by atoms with Gasteiger partial charge in [-0.2, -0.15) is 0 Å². The molecule has 1 aromatic rings. The zero-order valence-corrected chi connectivity index (χ0v) is 11.5. The molecule has 1 aliphatic rings. The number of nitrogens with zero attached hydrogens (tertiary/aromatic N) is 1. The molecule has 1 unspecified atom stereocenters. The highest BCUT2D eigenvalue weighted by atomic mass is 35.5. The quantitative estimate of drug-likeness (QED) is 0.908. The van der Waals surface area contributed by atoms with E-state index in [2.05, 4.69) is 17.3 Å². The van der Waals surface area contributed by atoms with Crippen LogP contribution in [0.4, 0.5) is 5.69 Å². The molecule has 18 heavy (non-hydrogen) atoms. The zero-order valence-electron chi connectivity index (χ0n) is 10.8. The van der Waals surface area contributed by atoms with E-state index in [0.717, 1.165) is 37.7 Å². The third-order valence-electron chi connectivity index (χ3n) is 3.04. The number of morpholine rings is 1. The van der Waals surface area contributed by atoms with E-state index < -0.39 is 0 Å². The van der Waals surface area contributed by atoms with Gasteiger partial charge >= 0.3 is 0 Å². The monoisotopic (exact) mass is 270 g/mol. The Bertz CT molecular complexity index is 401. The van der Waals surface area contributed by atoms with Crippen LogP contribution in [0.5, 0.6) is 5.75 Å². The molecule has 0 aromatic heterocycles. The minimum Gasteiger partial charge on any atom is -0.497 e. The molecule has 1 N–H and O–H groups in total. The molecular formula is C13H19ClN2O2. The molecule has 0 spiro atoms. The van der Waals surface area contributed by atoms with E-state index in [1.807, 2.05) is 18.2 Å². The normalized spacial score (nSPS) is 20.7. The molecule has 1 fully saturated rings. The van der Waals surface area contributed by atoms with Gasteiger partial charge in [-0.25, -0.2) is 0 Å². The molecule has 1 atom stereocenters. The Balaban J connectivity index is 1.92. The number of hydrogen-bond acceptors (Lipinski definition) is 4. The molecule has 1 saturated heterocycles. The standard InChI is InChI=1S/C13H19ClN2O2/c1-16-5-6-18-11(9-16)8-15-13-7-10(17-2)3-4-12(13)14/h3-4,7,11,15H,5-6,8-9H2,1-2H3. The minimum atomic E-state index is 0.200. The first-order valence-corrected chi connectivity index (χ1v) is 6.44. The van der Waals surface area contributed by atoms with Crippen molar-refractivity contribution >= 4 is 17.3 Å². The summed E-state index contributed by atoms with van der Waals surface area (Å²) in [5, 5.41) is 4.01. The maximum Gasteiger partial charge on any atom is 0.121 e. The van der Waals surface area contributed by atoms with Crippen LogP contribution in [0.2, 0.25) is 5.02 Å². The van der Waals surface area contributed by atoms with Crippen molar-refractivity contribution in [2.24, 2.45) is 0 Å². The van der Waals surface area contributed by atoms with E-state index in [1.165, 1.54) is 0 Å². The van der Waals surface area contributed by atoms with E-state index in [4.69, 9.17) is 21.1 Å². The van der Waals surface area contributed by atoms with Gasteiger partial charge < -0.3 is 19.7 Å². The number of likely N-dealkylation sites (N-methyl/N-ethyl adjacent to an activating group) is 1. The van der Waals surface area contributed by atoms with E-state index in [0.29, 0.717) is 5.02 Å². The first-order chi connectivity index (χ1) is 8.69. The van der Waals surface area contributed by atoms with E-state index in [1.54, 1.807) is 7.11 Å². The Morgan fingerprint density at radius 1 is 1.56 bits per heavy atom. The van der Waals surface area contributed by atoms with Crippen molar-refractivity contribution in [2.75, 3.05) is 45.7 Å². The van der Waals surface area contributed by atoms with Crippen LogP contribution in [0.15, 0.2) is 18.2 Å². The topological polar surface area (TPSA) is 33.7 Å². The lowest BCUT2D eigenvalue weighted by molar-refractivity contribution is -0.0117. The van der Waals surface area contributed by atoms with Crippen LogP contribution >= 0.6 is 11.6 Å². The molecule has 0 saturated carbocycles. The molecule has 0 radical (unpaired) electrons. The summed E-state index contributed by atoms with van der Waals surface area (Å²) in [6.07, 6.45) is 0.200. The Morgan fingerprint density at radius 3 is 3.11 bits per heavy atom. The van der Waals surface area contributed by atoms with Crippen LogP contribution in [-0.2, 0) is 4.74 Å². The highest BCUT2D eigenvalue weighted by Crippen LogP contribution is 2.26. The van der Waals surface area contributed by atoms with Crippen LogP contribution in [-0.4, -0.2) is 51.4 Å². The predicted octanol–water partition coefficient (Wildman–Crippen LogP) is 2.09. The highest BCUT2D eigenvalue weighted by molar-refractivity contribution is 6.33. The lowest BCUT2D eigenvalue weighted by Gasteiger charge is -2.30. The van der Waals surface area contributed by atoms with Gasteiger partial charge in [0.05, 0.1) is 30.5 Å². The molecule has 0 aliphatic carbocycles. The first kappa shape index (κ1) is 13.5. The fourth-order valence-electron chi connectivity index (χ4n) is 1.98. The Labute approximate surface area is 113 Å². The molecule has 1 aromatic carbocycles. The Kier molecular flexibility index (Phi) is 4.69. The van der Waals surface area contributed by atoms with E-state index >= 15 is 0 Å². The molecule has 1 aliphatic heterocycles. The molecular weight excluding hydrogens is 252 g/mol. The van der Waals surface area contributed by atoms with Crippen LogP contribution in [0.3, 0.4) is 0 Å². The molecule has 0 bridgehead atoms. The van der Waals surface area contributed by atoms with Crippen molar-refractivity contribution in [1.29, 1.82) is 0 Å². The predicted molar refractivity (Wildman–Crippen MR) is 73.7 cm³/mol. The number of methoxy groups -OCH3 is 1. The second-order valence-corrected chi connectivity index (χ2v) is 4.89. The van der Waals surface area contributed by atoms with Crippen molar-refractivity contribution in [3.63, 3.8) is 0 Å². The first-order valence-electron chi connectivity index (χ1n) is 6.06. The van der Waals surface area contributed by atoms with Gasteiger partial charge in [0.15, 0.2) is 0 Å². The van der Waals surface area contributed by atoms with E-state index in [-0.39, 0.29) is 6.10 Å². The minimum absolute atomic E-state index is 0.200. The van der Waals surface area contributed by atoms with Crippen molar-refractivity contribution in [1.82, 2.24) is 4.90 Å². The summed E-state index contributed by atoms with van der Waals surface area (Å²) in [5.41, 5.74) is 0.882. The Hall–Kier alpha value is -0.970. The van der Waals surface area contributed by atoms with Gasteiger partial charge in [-0.15, -0.1) is 0 Å². The van der Waals surface area contributed by atoms with E-state index in [9.17, 15) is 0 Å². The smallest absolute Gasteiger partial charge is 0.121 e. The van der Waals surface area contributed by atoms with Crippen molar-refractivity contribution < 1.29 is 9.47 Å². The van der Waals surface area contributed by atoms with Crippen molar-refractivity contribution in [2.45, 2.75) is 6.10 Å². The maximum atomic E-state index is 6.13. The molecule has 0 amide bonds.